The van der Waals surface area contributed by atoms with E-state index in [1.54, 1.807) is 0 Å². The first-order valence-electron chi connectivity index (χ1n) is 6.69. The van der Waals surface area contributed by atoms with Crippen LogP contribution in [0.4, 0.5) is 0 Å². The van der Waals surface area contributed by atoms with Crippen molar-refractivity contribution in [1.29, 1.82) is 0 Å². The summed E-state index contributed by atoms with van der Waals surface area (Å²) in [4.78, 5) is 2.59. The first-order valence-corrected chi connectivity index (χ1v) is 6.69. The fourth-order valence-corrected chi connectivity index (χ4v) is 3.14. The summed E-state index contributed by atoms with van der Waals surface area (Å²) < 4.78 is 5.80. The number of likely N-dealkylation sites (tertiary alicyclic amines) is 1. The standard InChI is InChI=1S/C15H21NO/c1-13-11-15(8-10-17-15)7-9-16(13)12-14-5-3-2-4-6-14/h2-6,13H,7-12H2,1H3. The maximum atomic E-state index is 5.80. The monoisotopic (exact) mass is 231 g/mol. The van der Waals surface area contributed by atoms with Gasteiger partial charge in [0, 0.05) is 19.1 Å². The fraction of sp³-hybridized carbons (Fsp3) is 0.600. The minimum absolute atomic E-state index is 0.257. The van der Waals surface area contributed by atoms with Gasteiger partial charge < -0.3 is 4.74 Å². The predicted octanol–water partition coefficient (Wildman–Crippen LogP) is 2.83. The molecule has 2 atom stereocenters. The van der Waals surface area contributed by atoms with Gasteiger partial charge in [0.2, 0.25) is 0 Å². The van der Waals surface area contributed by atoms with Crippen LogP contribution in [0.3, 0.4) is 0 Å². The van der Waals surface area contributed by atoms with Crippen LogP contribution in [0.5, 0.6) is 0 Å². The Balaban J connectivity index is 1.62. The van der Waals surface area contributed by atoms with E-state index in [1.165, 1.54) is 31.4 Å². The molecule has 2 saturated heterocycles. The number of benzene rings is 1. The summed E-state index contributed by atoms with van der Waals surface area (Å²) in [7, 11) is 0. The summed E-state index contributed by atoms with van der Waals surface area (Å²) >= 11 is 0. The SMILES string of the molecule is CC1CC2(CCO2)CCN1Cc1ccccc1. The third-order valence-corrected chi connectivity index (χ3v) is 4.34. The van der Waals surface area contributed by atoms with Crippen LogP contribution in [0, 0.1) is 0 Å². The summed E-state index contributed by atoms with van der Waals surface area (Å²) in [6.45, 7) is 5.57. The van der Waals surface area contributed by atoms with Gasteiger partial charge in [-0.05, 0) is 31.7 Å². The normalized spacial score (nSPS) is 33.6. The molecule has 92 valence electrons. The molecular weight excluding hydrogens is 210 g/mol. The molecule has 2 nitrogen and oxygen atoms in total. The average molecular weight is 231 g/mol. The minimum atomic E-state index is 0.257. The van der Waals surface area contributed by atoms with Crippen molar-refractivity contribution in [2.75, 3.05) is 13.2 Å². The predicted molar refractivity (Wildman–Crippen MR) is 68.8 cm³/mol. The van der Waals surface area contributed by atoms with Gasteiger partial charge in [0.05, 0.1) is 12.2 Å². The van der Waals surface area contributed by atoms with Gasteiger partial charge in [-0.25, -0.2) is 0 Å². The Kier molecular flexibility index (Phi) is 2.93. The van der Waals surface area contributed by atoms with E-state index >= 15 is 0 Å². The van der Waals surface area contributed by atoms with Crippen molar-refractivity contribution in [2.45, 2.75) is 44.4 Å². The molecule has 0 amide bonds. The highest BCUT2D eigenvalue weighted by molar-refractivity contribution is 5.15. The molecule has 17 heavy (non-hydrogen) atoms. The van der Waals surface area contributed by atoms with Crippen LogP contribution in [0.25, 0.3) is 0 Å². The van der Waals surface area contributed by atoms with Crippen molar-refractivity contribution in [3.05, 3.63) is 35.9 Å². The van der Waals surface area contributed by atoms with E-state index in [0.717, 1.165) is 13.2 Å². The largest absolute Gasteiger partial charge is 0.375 e. The molecule has 0 aromatic heterocycles. The molecule has 1 aromatic rings. The van der Waals surface area contributed by atoms with Crippen molar-refractivity contribution >= 4 is 0 Å². The number of nitrogens with zero attached hydrogens (tertiary/aromatic N) is 1. The molecule has 2 unspecified atom stereocenters. The maximum absolute atomic E-state index is 5.80. The highest BCUT2D eigenvalue weighted by atomic mass is 16.5. The zero-order chi connectivity index (χ0) is 11.7. The summed E-state index contributed by atoms with van der Waals surface area (Å²) in [6.07, 6.45) is 3.69. The number of piperidine rings is 1. The van der Waals surface area contributed by atoms with Crippen molar-refractivity contribution in [3.8, 4) is 0 Å². The van der Waals surface area contributed by atoms with Crippen molar-refractivity contribution in [1.82, 2.24) is 4.90 Å². The van der Waals surface area contributed by atoms with Gasteiger partial charge in [-0.3, -0.25) is 4.90 Å². The van der Waals surface area contributed by atoms with Crippen molar-refractivity contribution in [2.24, 2.45) is 0 Å². The Bertz CT molecular complexity index is 372. The molecule has 2 heteroatoms. The first-order chi connectivity index (χ1) is 8.27. The van der Waals surface area contributed by atoms with Gasteiger partial charge in [0.1, 0.15) is 0 Å². The Hall–Kier alpha value is -0.860. The lowest BCUT2D eigenvalue weighted by Gasteiger charge is -2.50. The Labute approximate surface area is 104 Å². The summed E-state index contributed by atoms with van der Waals surface area (Å²) in [5, 5.41) is 0. The van der Waals surface area contributed by atoms with E-state index in [9.17, 15) is 0 Å². The van der Waals surface area contributed by atoms with Crippen LogP contribution >= 0.6 is 0 Å². The molecule has 0 N–H and O–H groups in total. The van der Waals surface area contributed by atoms with Crippen molar-refractivity contribution in [3.63, 3.8) is 0 Å². The molecule has 1 aromatic carbocycles. The van der Waals surface area contributed by atoms with E-state index in [4.69, 9.17) is 4.74 Å². The van der Waals surface area contributed by atoms with Crippen LogP contribution in [-0.4, -0.2) is 29.7 Å². The Morgan fingerprint density at radius 2 is 2.06 bits per heavy atom. The summed E-state index contributed by atoms with van der Waals surface area (Å²) in [6, 6.07) is 11.4. The van der Waals surface area contributed by atoms with Crippen LogP contribution < -0.4 is 0 Å². The number of hydrogen-bond donors (Lipinski definition) is 0. The van der Waals surface area contributed by atoms with E-state index < -0.39 is 0 Å². The van der Waals surface area contributed by atoms with Gasteiger partial charge in [-0.1, -0.05) is 30.3 Å². The fourth-order valence-electron chi connectivity index (χ4n) is 3.14. The summed E-state index contributed by atoms with van der Waals surface area (Å²) in [5.41, 5.74) is 1.68. The molecule has 1 spiro atoms. The third kappa shape index (κ3) is 2.24. The van der Waals surface area contributed by atoms with Crippen LogP contribution in [-0.2, 0) is 11.3 Å². The van der Waals surface area contributed by atoms with Gasteiger partial charge in [0.25, 0.3) is 0 Å². The second-order valence-electron chi connectivity index (χ2n) is 5.54. The first kappa shape index (κ1) is 11.2. The van der Waals surface area contributed by atoms with E-state index in [2.05, 4.69) is 42.2 Å². The zero-order valence-corrected chi connectivity index (χ0v) is 10.6. The second kappa shape index (κ2) is 4.43. The molecule has 3 rings (SSSR count). The zero-order valence-electron chi connectivity index (χ0n) is 10.6. The molecule has 2 aliphatic rings. The van der Waals surface area contributed by atoms with E-state index in [0.29, 0.717) is 6.04 Å². The molecule has 0 radical (unpaired) electrons. The highest BCUT2D eigenvalue weighted by Crippen LogP contribution is 2.39. The molecule has 0 aliphatic carbocycles. The van der Waals surface area contributed by atoms with E-state index in [-0.39, 0.29) is 5.60 Å². The van der Waals surface area contributed by atoms with Crippen LogP contribution in [0.1, 0.15) is 31.7 Å². The van der Waals surface area contributed by atoms with Gasteiger partial charge in [0.15, 0.2) is 0 Å². The topological polar surface area (TPSA) is 12.5 Å². The minimum Gasteiger partial charge on any atom is -0.375 e. The molecule has 2 fully saturated rings. The smallest absolute Gasteiger partial charge is 0.0731 e. The van der Waals surface area contributed by atoms with Crippen LogP contribution in [0.15, 0.2) is 30.3 Å². The van der Waals surface area contributed by atoms with Crippen molar-refractivity contribution < 1.29 is 4.74 Å². The van der Waals surface area contributed by atoms with Gasteiger partial charge in [-0.15, -0.1) is 0 Å². The molecule has 2 aliphatic heterocycles. The molecule has 2 heterocycles. The molecular formula is C15H21NO. The molecule has 0 bridgehead atoms. The van der Waals surface area contributed by atoms with Crippen LogP contribution in [0.2, 0.25) is 0 Å². The Morgan fingerprint density at radius 1 is 1.29 bits per heavy atom. The second-order valence-corrected chi connectivity index (χ2v) is 5.54. The highest BCUT2D eigenvalue weighted by Gasteiger charge is 2.43. The molecule has 0 saturated carbocycles. The number of hydrogen-bond acceptors (Lipinski definition) is 2. The van der Waals surface area contributed by atoms with E-state index in [1.807, 2.05) is 0 Å². The average Bonchev–Trinajstić information content (AvgIpc) is 2.31. The number of ether oxygens (including phenoxy) is 1. The lowest BCUT2D eigenvalue weighted by Crippen LogP contribution is -2.55. The van der Waals surface area contributed by atoms with Gasteiger partial charge in [-0.2, -0.15) is 0 Å². The quantitative estimate of drug-likeness (QED) is 0.776. The summed E-state index contributed by atoms with van der Waals surface area (Å²) in [5.74, 6) is 0. The lowest BCUT2D eigenvalue weighted by molar-refractivity contribution is -0.182. The maximum Gasteiger partial charge on any atom is 0.0731 e. The number of rotatable bonds is 2. The van der Waals surface area contributed by atoms with Gasteiger partial charge >= 0.3 is 0 Å². The lowest BCUT2D eigenvalue weighted by atomic mass is 9.81. The Morgan fingerprint density at radius 3 is 2.65 bits per heavy atom. The third-order valence-electron chi connectivity index (χ3n) is 4.34.